The van der Waals surface area contributed by atoms with Gasteiger partial charge in [0.15, 0.2) is 0 Å². The summed E-state index contributed by atoms with van der Waals surface area (Å²) < 4.78 is 33.7. The highest BCUT2D eigenvalue weighted by molar-refractivity contribution is 5.74. The van der Waals surface area contributed by atoms with Crippen LogP contribution in [0.25, 0.3) is 11.1 Å². The Hall–Kier alpha value is -3.78. The number of aliphatic carboxylic acids is 1. The van der Waals surface area contributed by atoms with Crippen LogP contribution in [-0.2, 0) is 40.4 Å². The summed E-state index contributed by atoms with van der Waals surface area (Å²) in [4.78, 5) is 28.5. The molecule has 0 unspecified atom stereocenters. The molecule has 3 aromatic rings. The predicted molar refractivity (Wildman–Crippen MR) is 115 cm³/mol. The highest BCUT2D eigenvalue weighted by Crippen LogP contribution is 2.33. The molecule has 0 aromatic heterocycles. The number of hydrogen-bond donors (Lipinski definition) is 1. The highest BCUT2D eigenvalue weighted by Gasteiger charge is 2.26. The second-order valence-electron chi connectivity index (χ2n) is 7.66. The van der Waals surface area contributed by atoms with E-state index in [0.717, 1.165) is 5.56 Å². The monoisotopic (exact) mass is 453 g/mol. The van der Waals surface area contributed by atoms with E-state index in [1.807, 2.05) is 30.3 Å². The Bertz CT molecular complexity index is 1180. The number of carboxylic acids is 1. The van der Waals surface area contributed by atoms with Crippen LogP contribution in [0.5, 0.6) is 0 Å². The van der Waals surface area contributed by atoms with Crippen LogP contribution in [0.15, 0.2) is 60.7 Å². The molecular weight excluding hydrogens is 432 g/mol. The Morgan fingerprint density at radius 1 is 0.970 bits per heavy atom. The van der Waals surface area contributed by atoms with E-state index in [4.69, 9.17) is 14.7 Å². The van der Waals surface area contributed by atoms with Crippen molar-refractivity contribution in [2.45, 2.75) is 26.0 Å². The first-order chi connectivity index (χ1) is 15.9. The zero-order valence-electron chi connectivity index (χ0n) is 17.6. The first kappa shape index (κ1) is 22.4. The van der Waals surface area contributed by atoms with E-state index in [0.29, 0.717) is 28.7 Å². The van der Waals surface area contributed by atoms with Gasteiger partial charge in [0.05, 0.1) is 13.0 Å². The number of benzene rings is 3. The maximum atomic E-state index is 14.5. The minimum Gasteiger partial charge on any atom is -0.481 e. The maximum absolute atomic E-state index is 14.5. The summed E-state index contributed by atoms with van der Waals surface area (Å²) in [5.74, 6) is -2.16. The number of ether oxygens (including phenoxy) is 1. The summed E-state index contributed by atoms with van der Waals surface area (Å²) in [6.45, 7) is 0.446. The lowest BCUT2D eigenvalue weighted by molar-refractivity contribution is -0.139. The summed E-state index contributed by atoms with van der Waals surface area (Å²) in [5, 5.41) is 10.4. The average Bonchev–Trinajstić information content (AvgIpc) is 2.80. The fourth-order valence-corrected chi connectivity index (χ4v) is 3.84. The quantitative estimate of drug-likeness (QED) is 0.536. The van der Waals surface area contributed by atoms with Gasteiger partial charge in [-0.25, -0.2) is 13.6 Å². The number of carbonyl (C=O) groups is 2. The van der Waals surface area contributed by atoms with Gasteiger partial charge in [0.2, 0.25) is 0 Å². The van der Waals surface area contributed by atoms with Gasteiger partial charge in [-0.05, 0) is 58.0 Å². The smallest absolute Gasteiger partial charge is 0.481 e. The van der Waals surface area contributed by atoms with Crippen LogP contribution in [0.2, 0.25) is 0 Å². The molecule has 0 radical (unpaired) electrons. The molecule has 3 aromatic carbocycles. The van der Waals surface area contributed by atoms with E-state index in [9.17, 15) is 18.4 Å². The summed E-state index contributed by atoms with van der Waals surface area (Å²) in [5.41, 5.74) is 3.09. The summed E-state index contributed by atoms with van der Waals surface area (Å²) in [6.07, 6.45) is -1.04. The van der Waals surface area contributed by atoms with Crippen molar-refractivity contribution in [3.05, 3.63) is 94.6 Å². The summed E-state index contributed by atoms with van der Waals surface area (Å²) in [6, 6.07) is 16.2. The molecule has 170 valence electrons. The first-order valence-corrected chi connectivity index (χ1v) is 10.3. The van der Waals surface area contributed by atoms with E-state index in [2.05, 4.69) is 0 Å². The number of hydrogen-bond acceptors (Lipinski definition) is 5. The molecule has 33 heavy (non-hydrogen) atoms. The summed E-state index contributed by atoms with van der Waals surface area (Å²) in [7, 11) is 0. The molecule has 1 N–H and O–H groups in total. The minimum atomic E-state index is -1.15. The third kappa shape index (κ3) is 5.35. The van der Waals surface area contributed by atoms with Gasteiger partial charge in [0, 0.05) is 6.54 Å². The first-order valence-electron chi connectivity index (χ1n) is 10.3. The number of carbonyl (C=O) groups excluding carboxylic acids is 1. The van der Waals surface area contributed by atoms with Crippen LogP contribution >= 0.6 is 0 Å². The average molecular weight is 453 g/mol. The molecule has 8 heteroatoms. The van der Waals surface area contributed by atoms with Crippen LogP contribution in [0.3, 0.4) is 0 Å². The standard InChI is InChI=1S/C25H21F2NO5/c26-22-8-6-17(12-18(22)13-24(29)30)19-7-9-23(27)20-10-11-28(14-21(19)20)33-25(31)32-15-16-4-2-1-3-5-16/h1-9,12H,10-11,13-15H2,(H,29,30). The topological polar surface area (TPSA) is 76.1 Å². The van der Waals surface area contributed by atoms with Crippen molar-refractivity contribution in [1.82, 2.24) is 5.06 Å². The van der Waals surface area contributed by atoms with Gasteiger partial charge >= 0.3 is 12.1 Å². The molecule has 0 saturated carbocycles. The minimum absolute atomic E-state index is 0.0338. The van der Waals surface area contributed by atoms with Crippen LogP contribution in [-0.4, -0.2) is 28.8 Å². The van der Waals surface area contributed by atoms with Gasteiger partial charge in [0.25, 0.3) is 0 Å². The molecular formula is C25H21F2NO5. The van der Waals surface area contributed by atoms with Crippen molar-refractivity contribution in [2.24, 2.45) is 0 Å². The lowest BCUT2D eigenvalue weighted by atomic mass is 9.90. The van der Waals surface area contributed by atoms with Crippen molar-refractivity contribution in [1.29, 1.82) is 0 Å². The van der Waals surface area contributed by atoms with E-state index >= 15 is 0 Å². The lowest BCUT2D eigenvalue weighted by Crippen LogP contribution is -2.34. The van der Waals surface area contributed by atoms with Gasteiger partial charge < -0.3 is 14.7 Å². The fraction of sp³-hybridized carbons (Fsp3) is 0.200. The molecule has 1 aliphatic heterocycles. The van der Waals surface area contributed by atoms with Crippen molar-refractivity contribution >= 4 is 12.1 Å². The third-order valence-corrected chi connectivity index (χ3v) is 5.42. The Labute approximate surface area is 188 Å². The van der Waals surface area contributed by atoms with Crippen molar-refractivity contribution in [2.75, 3.05) is 6.54 Å². The number of halogens is 2. The third-order valence-electron chi connectivity index (χ3n) is 5.42. The van der Waals surface area contributed by atoms with E-state index < -0.39 is 24.4 Å². The van der Waals surface area contributed by atoms with Gasteiger partial charge in [-0.2, -0.15) is 0 Å². The second kappa shape index (κ2) is 9.79. The van der Waals surface area contributed by atoms with Gasteiger partial charge in [-0.1, -0.05) is 42.5 Å². The highest BCUT2D eigenvalue weighted by atomic mass is 19.1. The Morgan fingerprint density at radius 2 is 1.73 bits per heavy atom. The number of hydroxylamine groups is 2. The molecule has 0 atom stereocenters. The van der Waals surface area contributed by atoms with E-state index in [-0.39, 0.29) is 31.1 Å². The molecule has 0 amide bonds. The van der Waals surface area contributed by atoms with Gasteiger partial charge in [-0.3, -0.25) is 4.79 Å². The van der Waals surface area contributed by atoms with Gasteiger partial charge in [0.1, 0.15) is 18.2 Å². The van der Waals surface area contributed by atoms with Crippen LogP contribution in [0.1, 0.15) is 22.3 Å². The number of nitrogens with zero attached hydrogens (tertiary/aromatic N) is 1. The zero-order valence-corrected chi connectivity index (χ0v) is 17.6. The van der Waals surface area contributed by atoms with Crippen LogP contribution in [0.4, 0.5) is 13.6 Å². The van der Waals surface area contributed by atoms with Crippen molar-refractivity contribution < 1.29 is 33.1 Å². The number of carboxylic acid groups (broad SMARTS) is 1. The number of fused-ring (bicyclic) bond motifs is 1. The molecule has 0 saturated heterocycles. The second-order valence-corrected chi connectivity index (χ2v) is 7.66. The van der Waals surface area contributed by atoms with Crippen molar-refractivity contribution in [3.63, 3.8) is 0 Å². The lowest BCUT2D eigenvalue weighted by Gasteiger charge is -2.29. The van der Waals surface area contributed by atoms with Crippen LogP contribution in [0, 0.1) is 11.6 Å². The molecule has 0 aliphatic carbocycles. The normalized spacial score (nSPS) is 13.3. The molecule has 0 spiro atoms. The molecule has 0 bridgehead atoms. The van der Waals surface area contributed by atoms with Crippen molar-refractivity contribution in [3.8, 4) is 11.1 Å². The maximum Gasteiger partial charge on any atom is 0.528 e. The van der Waals surface area contributed by atoms with E-state index in [1.54, 1.807) is 6.07 Å². The van der Waals surface area contributed by atoms with Gasteiger partial charge in [-0.15, -0.1) is 5.06 Å². The molecule has 4 rings (SSSR count). The molecule has 6 nitrogen and oxygen atoms in total. The summed E-state index contributed by atoms with van der Waals surface area (Å²) >= 11 is 0. The van der Waals surface area contributed by atoms with E-state index in [1.165, 1.54) is 29.3 Å². The Balaban J connectivity index is 1.53. The number of rotatable bonds is 6. The SMILES string of the molecule is O=C(O)Cc1cc(-c2ccc(F)c3c2CN(OC(=O)OCc2ccccc2)CC3)ccc1F. The zero-order chi connectivity index (χ0) is 23.4. The van der Waals surface area contributed by atoms with Crippen LogP contribution < -0.4 is 0 Å². The molecule has 0 fully saturated rings. The Morgan fingerprint density at radius 3 is 2.48 bits per heavy atom. The molecule has 1 heterocycles. The predicted octanol–water partition coefficient (Wildman–Crippen LogP) is 4.89. The fourth-order valence-electron chi connectivity index (χ4n) is 3.84. The largest absolute Gasteiger partial charge is 0.528 e. The Kier molecular flexibility index (Phi) is 6.65. The molecule has 1 aliphatic rings.